The lowest BCUT2D eigenvalue weighted by Crippen LogP contribution is -2.45. The molecule has 3 atom stereocenters. The Morgan fingerprint density at radius 1 is 1.09 bits per heavy atom. The van der Waals surface area contributed by atoms with Crippen molar-refractivity contribution in [1.82, 2.24) is 0 Å². The van der Waals surface area contributed by atoms with Crippen LogP contribution in [0.15, 0.2) is 0 Å². The molecule has 2 fully saturated rings. The fourth-order valence-corrected chi connectivity index (χ4v) is 1.86. The second-order valence-electron chi connectivity index (χ2n) is 3.29. The van der Waals surface area contributed by atoms with Crippen molar-refractivity contribution in [2.45, 2.75) is 44.2 Å². The second kappa shape index (κ2) is 3.09. The first-order valence-corrected chi connectivity index (χ1v) is 4.31. The molecule has 11 heavy (non-hydrogen) atoms. The Labute approximate surface area is 66.3 Å². The highest BCUT2D eigenvalue weighted by molar-refractivity contribution is 4.79. The molecule has 1 saturated heterocycles. The molecular weight excluding hydrogens is 144 g/mol. The van der Waals surface area contributed by atoms with Gasteiger partial charge in [-0.05, 0) is 12.8 Å². The third-order valence-electron chi connectivity index (χ3n) is 2.43. The molecule has 2 aliphatic rings. The number of ether oxygens (including phenoxy) is 2. The van der Waals surface area contributed by atoms with Gasteiger partial charge in [0.05, 0.1) is 18.8 Å². The summed E-state index contributed by atoms with van der Waals surface area (Å²) in [5.74, 6) is 0. The van der Waals surface area contributed by atoms with Crippen molar-refractivity contribution in [3.63, 3.8) is 0 Å². The SMILES string of the molecule is OC1COC2CCCCC2O1. The van der Waals surface area contributed by atoms with E-state index in [1.807, 2.05) is 0 Å². The molecular formula is C8H14O3. The molecule has 0 aromatic rings. The molecule has 1 saturated carbocycles. The summed E-state index contributed by atoms with van der Waals surface area (Å²) in [5.41, 5.74) is 0. The van der Waals surface area contributed by atoms with Crippen LogP contribution in [0, 0.1) is 0 Å². The zero-order valence-corrected chi connectivity index (χ0v) is 6.53. The molecule has 1 aliphatic heterocycles. The Kier molecular flexibility index (Phi) is 2.11. The fraction of sp³-hybridized carbons (Fsp3) is 1.00. The number of rotatable bonds is 0. The molecule has 1 aliphatic carbocycles. The molecule has 64 valence electrons. The summed E-state index contributed by atoms with van der Waals surface area (Å²) in [6.07, 6.45) is 4.31. The molecule has 0 aromatic heterocycles. The van der Waals surface area contributed by atoms with Gasteiger partial charge in [0.15, 0.2) is 6.29 Å². The summed E-state index contributed by atoms with van der Waals surface area (Å²) in [4.78, 5) is 0. The van der Waals surface area contributed by atoms with E-state index in [4.69, 9.17) is 14.6 Å². The van der Waals surface area contributed by atoms with Gasteiger partial charge in [0, 0.05) is 0 Å². The normalized spacial score (nSPS) is 45.0. The Morgan fingerprint density at radius 3 is 2.64 bits per heavy atom. The average Bonchev–Trinajstić information content (AvgIpc) is 2.04. The van der Waals surface area contributed by atoms with Crippen LogP contribution < -0.4 is 0 Å². The number of hydrogen-bond acceptors (Lipinski definition) is 3. The van der Waals surface area contributed by atoms with Crippen LogP contribution in [-0.2, 0) is 9.47 Å². The minimum absolute atomic E-state index is 0.160. The van der Waals surface area contributed by atoms with Gasteiger partial charge in [0.25, 0.3) is 0 Å². The summed E-state index contributed by atoms with van der Waals surface area (Å²) in [6.45, 7) is 0.348. The quantitative estimate of drug-likeness (QED) is 0.563. The zero-order chi connectivity index (χ0) is 7.68. The molecule has 0 bridgehead atoms. The number of aliphatic hydroxyl groups excluding tert-OH is 1. The lowest BCUT2D eigenvalue weighted by Gasteiger charge is -2.37. The van der Waals surface area contributed by atoms with Crippen LogP contribution in [-0.4, -0.2) is 30.2 Å². The number of fused-ring (bicyclic) bond motifs is 1. The number of aliphatic hydroxyl groups is 1. The first kappa shape index (κ1) is 7.53. The Morgan fingerprint density at radius 2 is 1.82 bits per heavy atom. The second-order valence-corrected chi connectivity index (χ2v) is 3.29. The lowest BCUT2D eigenvalue weighted by molar-refractivity contribution is -0.256. The molecule has 3 unspecified atom stereocenters. The molecule has 0 radical (unpaired) electrons. The van der Waals surface area contributed by atoms with Crippen LogP contribution in [0.3, 0.4) is 0 Å². The Hall–Kier alpha value is -0.120. The minimum Gasteiger partial charge on any atom is -0.370 e. The van der Waals surface area contributed by atoms with E-state index < -0.39 is 6.29 Å². The van der Waals surface area contributed by atoms with Crippen LogP contribution in [0.25, 0.3) is 0 Å². The molecule has 0 aromatic carbocycles. The Balaban J connectivity index is 1.93. The van der Waals surface area contributed by atoms with Gasteiger partial charge >= 0.3 is 0 Å². The summed E-state index contributed by atoms with van der Waals surface area (Å²) < 4.78 is 10.7. The van der Waals surface area contributed by atoms with Crippen LogP contribution in [0.4, 0.5) is 0 Å². The van der Waals surface area contributed by atoms with Crippen molar-refractivity contribution in [3.8, 4) is 0 Å². The van der Waals surface area contributed by atoms with Crippen molar-refractivity contribution in [1.29, 1.82) is 0 Å². The molecule has 1 heterocycles. The third kappa shape index (κ3) is 1.55. The van der Waals surface area contributed by atoms with E-state index in [1.165, 1.54) is 12.8 Å². The van der Waals surface area contributed by atoms with Gasteiger partial charge < -0.3 is 14.6 Å². The van der Waals surface area contributed by atoms with Gasteiger partial charge in [0.2, 0.25) is 0 Å². The first-order chi connectivity index (χ1) is 5.36. The van der Waals surface area contributed by atoms with Crippen molar-refractivity contribution in [2.75, 3.05) is 6.61 Å². The monoisotopic (exact) mass is 158 g/mol. The highest BCUT2D eigenvalue weighted by Gasteiger charge is 2.32. The lowest BCUT2D eigenvalue weighted by atomic mass is 9.94. The Bertz CT molecular complexity index is 137. The molecule has 3 heteroatoms. The molecule has 2 rings (SSSR count). The predicted octanol–water partition coefficient (Wildman–Crippen LogP) is 0.663. The van der Waals surface area contributed by atoms with Crippen LogP contribution >= 0.6 is 0 Å². The molecule has 0 amide bonds. The van der Waals surface area contributed by atoms with Crippen LogP contribution in [0.5, 0.6) is 0 Å². The largest absolute Gasteiger partial charge is 0.370 e. The van der Waals surface area contributed by atoms with E-state index in [2.05, 4.69) is 0 Å². The summed E-state index contributed by atoms with van der Waals surface area (Å²) in [6, 6.07) is 0. The van der Waals surface area contributed by atoms with E-state index in [9.17, 15) is 0 Å². The maximum atomic E-state index is 9.10. The van der Waals surface area contributed by atoms with Gasteiger partial charge in [-0.1, -0.05) is 12.8 Å². The van der Waals surface area contributed by atoms with Crippen molar-refractivity contribution >= 4 is 0 Å². The third-order valence-corrected chi connectivity index (χ3v) is 2.43. The summed E-state index contributed by atoms with van der Waals surface area (Å²) in [5, 5.41) is 9.10. The number of hydrogen-bond donors (Lipinski definition) is 1. The van der Waals surface area contributed by atoms with Gasteiger partial charge in [-0.2, -0.15) is 0 Å². The maximum absolute atomic E-state index is 9.10. The average molecular weight is 158 g/mol. The highest BCUT2D eigenvalue weighted by atomic mass is 16.7. The smallest absolute Gasteiger partial charge is 0.178 e. The summed E-state index contributed by atoms with van der Waals surface area (Å²) >= 11 is 0. The van der Waals surface area contributed by atoms with Crippen molar-refractivity contribution in [2.24, 2.45) is 0 Å². The molecule has 3 nitrogen and oxygen atoms in total. The van der Waals surface area contributed by atoms with E-state index >= 15 is 0 Å². The molecule has 1 N–H and O–H groups in total. The zero-order valence-electron chi connectivity index (χ0n) is 6.53. The van der Waals surface area contributed by atoms with Gasteiger partial charge in [0.1, 0.15) is 0 Å². The topological polar surface area (TPSA) is 38.7 Å². The predicted molar refractivity (Wildman–Crippen MR) is 39.1 cm³/mol. The van der Waals surface area contributed by atoms with E-state index in [-0.39, 0.29) is 12.2 Å². The van der Waals surface area contributed by atoms with Crippen molar-refractivity contribution in [3.05, 3.63) is 0 Å². The van der Waals surface area contributed by atoms with Crippen LogP contribution in [0.2, 0.25) is 0 Å². The maximum Gasteiger partial charge on any atom is 0.178 e. The molecule has 0 spiro atoms. The van der Waals surface area contributed by atoms with Gasteiger partial charge in [-0.25, -0.2) is 0 Å². The van der Waals surface area contributed by atoms with Gasteiger partial charge in [-0.3, -0.25) is 0 Å². The van der Waals surface area contributed by atoms with Crippen molar-refractivity contribution < 1.29 is 14.6 Å². The standard InChI is InChI=1S/C8H14O3/c9-8-5-10-6-3-1-2-4-7(6)11-8/h6-9H,1-5H2. The van der Waals surface area contributed by atoms with Crippen LogP contribution in [0.1, 0.15) is 25.7 Å². The van der Waals surface area contributed by atoms with Gasteiger partial charge in [-0.15, -0.1) is 0 Å². The fourth-order valence-electron chi connectivity index (χ4n) is 1.86. The minimum atomic E-state index is -0.686. The van der Waals surface area contributed by atoms with E-state index in [0.29, 0.717) is 6.61 Å². The first-order valence-electron chi connectivity index (χ1n) is 4.31. The summed E-state index contributed by atoms with van der Waals surface area (Å²) in [7, 11) is 0. The van der Waals surface area contributed by atoms with E-state index in [0.717, 1.165) is 12.8 Å². The highest BCUT2D eigenvalue weighted by Crippen LogP contribution is 2.27. The van der Waals surface area contributed by atoms with E-state index in [1.54, 1.807) is 0 Å².